The highest BCUT2D eigenvalue weighted by Crippen LogP contribution is 2.36. The minimum atomic E-state index is -1.14. The monoisotopic (exact) mass is 413 g/mol. The summed E-state index contributed by atoms with van der Waals surface area (Å²) < 4.78 is 5.54. The van der Waals surface area contributed by atoms with Crippen molar-refractivity contribution in [2.45, 2.75) is 51.6 Å². The Labute approximate surface area is 180 Å². The minimum absolute atomic E-state index is 0.469. The van der Waals surface area contributed by atoms with Crippen LogP contribution < -0.4 is 10.6 Å². The van der Waals surface area contributed by atoms with Gasteiger partial charge >= 0.3 is 5.97 Å². The minimum Gasteiger partial charge on any atom is -0.446 e. The zero-order valence-corrected chi connectivity index (χ0v) is 18.3. The third kappa shape index (κ3) is 5.85. The Morgan fingerprint density at radius 1 is 1.10 bits per heavy atom. The summed E-state index contributed by atoms with van der Waals surface area (Å²) in [5.41, 5.74) is 6.64. The van der Waals surface area contributed by atoms with E-state index in [1.165, 1.54) is 11.8 Å². The molecule has 2 aliphatic rings. The van der Waals surface area contributed by atoms with E-state index in [2.05, 4.69) is 40.1 Å². The molecule has 1 heterocycles. The van der Waals surface area contributed by atoms with E-state index in [-0.39, 0.29) is 0 Å². The van der Waals surface area contributed by atoms with Gasteiger partial charge in [0.25, 0.3) is 5.91 Å². The van der Waals surface area contributed by atoms with Crippen molar-refractivity contribution >= 4 is 17.6 Å². The van der Waals surface area contributed by atoms with Crippen molar-refractivity contribution in [1.29, 1.82) is 0 Å². The van der Waals surface area contributed by atoms with Crippen molar-refractivity contribution in [3.05, 3.63) is 42.0 Å². The molecule has 1 aliphatic carbocycles. The Kier molecular flexibility index (Phi) is 7.53. The first-order chi connectivity index (χ1) is 14.4. The summed E-state index contributed by atoms with van der Waals surface area (Å²) >= 11 is 0. The molecule has 0 unspecified atom stereocenters. The van der Waals surface area contributed by atoms with Gasteiger partial charge in [-0.05, 0) is 70.5 Å². The molecule has 1 saturated heterocycles. The molecule has 0 radical (unpaired) electrons. The van der Waals surface area contributed by atoms with Crippen LogP contribution in [0.4, 0.5) is 5.69 Å². The van der Waals surface area contributed by atoms with Crippen LogP contribution in [0.25, 0.3) is 0 Å². The highest BCUT2D eigenvalue weighted by molar-refractivity contribution is 5.90. The summed E-state index contributed by atoms with van der Waals surface area (Å²) in [5.74, 6) is -0.441. The van der Waals surface area contributed by atoms with Crippen molar-refractivity contribution in [3.8, 4) is 0 Å². The van der Waals surface area contributed by atoms with E-state index in [0.717, 1.165) is 57.6 Å². The lowest BCUT2D eigenvalue weighted by Crippen LogP contribution is -2.50. The maximum absolute atomic E-state index is 12.1. The van der Waals surface area contributed by atoms with Crippen molar-refractivity contribution < 1.29 is 14.3 Å². The second-order valence-corrected chi connectivity index (χ2v) is 8.90. The van der Waals surface area contributed by atoms with Crippen LogP contribution in [0.1, 0.15) is 46.0 Å². The largest absolute Gasteiger partial charge is 0.446 e. The number of anilines is 1. The number of benzene rings is 1. The first-order valence-electron chi connectivity index (χ1n) is 11.1. The molecule has 1 amide bonds. The number of rotatable bonds is 7. The maximum atomic E-state index is 12.1. The smallest absolute Gasteiger partial charge is 0.331 e. The van der Waals surface area contributed by atoms with Crippen molar-refractivity contribution in [2.24, 2.45) is 11.7 Å². The number of nitrogens with zero attached hydrogens (tertiary/aromatic N) is 2. The summed E-state index contributed by atoms with van der Waals surface area (Å²) in [6, 6.07) is 10.6. The quantitative estimate of drug-likeness (QED) is 0.549. The molecule has 164 valence electrons. The fourth-order valence-corrected chi connectivity index (χ4v) is 4.52. The van der Waals surface area contributed by atoms with E-state index in [4.69, 9.17) is 10.5 Å². The van der Waals surface area contributed by atoms with Gasteiger partial charge in [0.05, 0.1) is 0 Å². The van der Waals surface area contributed by atoms with E-state index in [9.17, 15) is 9.59 Å². The normalized spacial score (nSPS) is 24.9. The van der Waals surface area contributed by atoms with Crippen LogP contribution >= 0.6 is 0 Å². The molecule has 30 heavy (non-hydrogen) atoms. The zero-order valence-electron chi connectivity index (χ0n) is 18.3. The molecule has 1 aliphatic heterocycles. The first-order valence-corrected chi connectivity index (χ1v) is 11.1. The number of amides is 1. The van der Waals surface area contributed by atoms with E-state index >= 15 is 0 Å². The molecule has 6 nitrogen and oxygen atoms in total. The summed E-state index contributed by atoms with van der Waals surface area (Å²) in [7, 11) is 0. The lowest BCUT2D eigenvalue weighted by molar-refractivity contribution is -0.167. The van der Waals surface area contributed by atoms with Gasteiger partial charge in [-0.15, -0.1) is 0 Å². The fraction of sp³-hybridized carbons (Fsp3) is 0.583. The lowest BCUT2D eigenvalue weighted by atomic mass is 9.77. The Balaban J connectivity index is 1.43. The van der Waals surface area contributed by atoms with Gasteiger partial charge in [-0.25, -0.2) is 4.79 Å². The third-order valence-corrected chi connectivity index (χ3v) is 6.41. The number of para-hydroxylation sites is 1. The van der Waals surface area contributed by atoms with Crippen LogP contribution in [-0.2, 0) is 14.3 Å². The molecule has 0 atom stereocenters. The van der Waals surface area contributed by atoms with E-state index in [0.29, 0.717) is 18.8 Å². The average molecular weight is 414 g/mol. The van der Waals surface area contributed by atoms with Crippen LogP contribution in [0.15, 0.2) is 42.0 Å². The number of nitrogens with two attached hydrogens (primary N) is 1. The highest BCUT2D eigenvalue weighted by Gasteiger charge is 2.43. The molecule has 1 aromatic carbocycles. The van der Waals surface area contributed by atoms with Crippen LogP contribution in [0.3, 0.4) is 0 Å². The van der Waals surface area contributed by atoms with Gasteiger partial charge in [0.15, 0.2) is 5.60 Å². The molecule has 0 spiro atoms. The number of carbonyl (C=O) groups excluding carboxylic acids is 2. The van der Waals surface area contributed by atoms with Gasteiger partial charge in [-0.3, -0.25) is 9.69 Å². The van der Waals surface area contributed by atoms with Gasteiger partial charge in [-0.1, -0.05) is 23.8 Å². The predicted octanol–water partition coefficient (Wildman–Crippen LogP) is 3.12. The molecule has 1 aromatic rings. The Hall–Kier alpha value is -2.34. The topological polar surface area (TPSA) is 75.9 Å². The standard InChI is InChI=1S/C24H35N3O3/c1-19(2)18-22(28)30-24(23(25)29)11-8-20(9-12-24)10-13-26-14-16-27(17-15-26)21-6-4-3-5-7-21/h3-7,18,20H,8-17H2,1-2H3,(H2,25,29). The van der Waals surface area contributed by atoms with E-state index in [1.807, 2.05) is 13.8 Å². The zero-order chi connectivity index (χ0) is 21.6. The molecule has 3 rings (SSSR count). The average Bonchev–Trinajstić information content (AvgIpc) is 2.73. The summed E-state index contributed by atoms with van der Waals surface area (Å²) in [6.07, 6.45) is 5.33. The molecular formula is C24H35N3O3. The SMILES string of the molecule is CC(C)=CC(=O)OC1(C(N)=O)CCC(CCN2CCN(c3ccccc3)CC2)CC1. The Bertz CT molecular complexity index is 742. The highest BCUT2D eigenvalue weighted by atomic mass is 16.6. The number of hydrogen-bond acceptors (Lipinski definition) is 5. The predicted molar refractivity (Wildman–Crippen MR) is 119 cm³/mol. The maximum Gasteiger partial charge on any atom is 0.331 e. The van der Waals surface area contributed by atoms with Crippen LogP contribution in [0.5, 0.6) is 0 Å². The molecule has 6 heteroatoms. The van der Waals surface area contributed by atoms with Crippen LogP contribution in [0, 0.1) is 5.92 Å². The number of piperazine rings is 1. The van der Waals surface area contributed by atoms with Crippen LogP contribution in [0.2, 0.25) is 0 Å². The molecule has 2 N–H and O–H groups in total. The number of primary amides is 1. The second-order valence-electron chi connectivity index (χ2n) is 8.90. The van der Waals surface area contributed by atoms with Crippen LogP contribution in [-0.4, -0.2) is 55.1 Å². The molecule has 0 bridgehead atoms. The van der Waals surface area contributed by atoms with Crippen molar-refractivity contribution in [3.63, 3.8) is 0 Å². The number of esters is 1. The second kappa shape index (κ2) is 10.1. The number of allylic oxidation sites excluding steroid dienone is 1. The Morgan fingerprint density at radius 3 is 2.30 bits per heavy atom. The first kappa shape index (κ1) is 22.3. The Morgan fingerprint density at radius 2 is 1.73 bits per heavy atom. The summed E-state index contributed by atoms with van der Waals surface area (Å²) in [6.45, 7) is 9.00. The molecular weight excluding hydrogens is 378 g/mol. The summed E-state index contributed by atoms with van der Waals surface area (Å²) in [5, 5.41) is 0. The van der Waals surface area contributed by atoms with Crippen molar-refractivity contribution in [2.75, 3.05) is 37.6 Å². The van der Waals surface area contributed by atoms with Gasteiger partial charge in [0.1, 0.15) is 0 Å². The number of carbonyl (C=O) groups is 2. The van der Waals surface area contributed by atoms with Gasteiger partial charge < -0.3 is 15.4 Å². The summed E-state index contributed by atoms with van der Waals surface area (Å²) in [4.78, 5) is 29.1. The lowest BCUT2D eigenvalue weighted by Gasteiger charge is -2.39. The number of ether oxygens (including phenoxy) is 1. The fourth-order valence-electron chi connectivity index (χ4n) is 4.52. The molecule has 1 saturated carbocycles. The molecule has 2 fully saturated rings. The van der Waals surface area contributed by atoms with E-state index in [1.54, 1.807) is 0 Å². The van der Waals surface area contributed by atoms with Gasteiger partial charge in [0.2, 0.25) is 0 Å². The third-order valence-electron chi connectivity index (χ3n) is 6.41. The van der Waals surface area contributed by atoms with Gasteiger partial charge in [-0.2, -0.15) is 0 Å². The van der Waals surface area contributed by atoms with Gasteiger partial charge in [0, 0.05) is 37.9 Å². The molecule has 0 aromatic heterocycles. The van der Waals surface area contributed by atoms with E-state index < -0.39 is 17.5 Å². The van der Waals surface area contributed by atoms with Crippen molar-refractivity contribution in [1.82, 2.24) is 4.90 Å². The number of hydrogen-bond donors (Lipinski definition) is 1.